The van der Waals surface area contributed by atoms with Gasteiger partial charge in [0, 0.05) is 38.8 Å². The van der Waals surface area contributed by atoms with E-state index in [1.165, 1.54) is 12.6 Å². The Kier molecular flexibility index (Phi) is 4.44. The molecule has 1 aromatic heterocycles. The van der Waals surface area contributed by atoms with E-state index in [0.717, 1.165) is 63.0 Å². The van der Waals surface area contributed by atoms with E-state index in [4.69, 9.17) is 5.21 Å². The molecule has 1 aromatic rings. The standard InChI is InChI=1S/C19H26N4O3/c1-13(24)23-8-3-2-6-19(23)7-4-17(19)22-9-5-14-10-15(18(25)21-26)11-20-16(14)12-22/h10-11,17,26H,2-9,12H2,1H3,(H,21,25)/t17-,19+/m1/s1. The number of nitrogens with one attached hydrogen (secondary N) is 1. The zero-order valence-corrected chi connectivity index (χ0v) is 15.2. The van der Waals surface area contributed by atoms with Gasteiger partial charge in [-0.1, -0.05) is 0 Å². The number of amides is 2. The molecule has 26 heavy (non-hydrogen) atoms. The van der Waals surface area contributed by atoms with Gasteiger partial charge in [0.25, 0.3) is 5.91 Å². The maximum atomic E-state index is 12.2. The summed E-state index contributed by atoms with van der Waals surface area (Å²) >= 11 is 0. The number of hydrogen-bond donors (Lipinski definition) is 2. The normalized spacial score (nSPS) is 28.4. The van der Waals surface area contributed by atoms with Gasteiger partial charge in [-0.25, -0.2) is 5.48 Å². The first-order valence-corrected chi connectivity index (χ1v) is 9.49. The summed E-state index contributed by atoms with van der Waals surface area (Å²) in [6, 6.07) is 2.23. The number of carbonyl (C=O) groups is 2. The van der Waals surface area contributed by atoms with Gasteiger partial charge in [0.2, 0.25) is 5.91 Å². The molecular weight excluding hydrogens is 332 g/mol. The van der Waals surface area contributed by atoms with E-state index in [1.54, 1.807) is 12.4 Å². The van der Waals surface area contributed by atoms with Gasteiger partial charge in [0.05, 0.1) is 16.8 Å². The van der Waals surface area contributed by atoms with Crippen molar-refractivity contribution in [3.8, 4) is 0 Å². The molecule has 4 rings (SSSR count). The molecule has 2 N–H and O–H groups in total. The van der Waals surface area contributed by atoms with Crippen molar-refractivity contribution in [2.45, 2.75) is 63.6 Å². The van der Waals surface area contributed by atoms with Gasteiger partial charge >= 0.3 is 0 Å². The Morgan fingerprint density at radius 3 is 2.85 bits per heavy atom. The summed E-state index contributed by atoms with van der Waals surface area (Å²) in [7, 11) is 0. The van der Waals surface area contributed by atoms with Crippen LogP contribution in [0.25, 0.3) is 0 Å². The van der Waals surface area contributed by atoms with E-state index in [-0.39, 0.29) is 11.4 Å². The van der Waals surface area contributed by atoms with Gasteiger partial charge in [-0.15, -0.1) is 0 Å². The van der Waals surface area contributed by atoms with Crippen molar-refractivity contribution >= 4 is 11.8 Å². The number of carbonyl (C=O) groups excluding carboxylic acids is 2. The third-order valence-electron chi connectivity index (χ3n) is 6.52. The minimum Gasteiger partial charge on any atom is -0.336 e. The van der Waals surface area contributed by atoms with Crippen LogP contribution in [0.3, 0.4) is 0 Å². The summed E-state index contributed by atoms with van der Waals surface area (Å²) in [5, 5.41) is 8.79. The SMILES string of the molecule is CC(=O)N1CCCC[C@@]12CC[C@H]2N1CCc2cc(C(=O)NO)cnc2C1. The molecule has 0 bridgehead atoms. The molecule has 1 saturated carbocycles. The lowest BCUT2D eigenvalue weighted by Gasteiger charge is -2.61. The van der Waals surface area contributed by atoms with Crippen molar-refractivity contribution in [2.75, 3.05) is 13.1 Å². The molecule has 0 radical (unpaired) electrons. The molecule has 1 aliphatic carbocycles. The lowest BCUT2D eigenvalue weighted by molar-refractivity contribution is -0.153. The Balaban J connectivity index is 1.54. The molecular formula is C19H26N4O3. The number of aromatic nitrogens is 1. The Morgan fingerprint density at radius 1 is 1.31 bits per heavy atom. The minimum absolute atomic E-state index is 0.0122. The molecule has 2 fully saturated rings. The van der Waals surface area contributed by atoms with Crippen LogP contribution in [0, 0.1) is 0 Å². The van der Waals surface area contributed by atoms with Gasteiger partial charge in [0.15, 0.2) is 0 Å². The van der Waals surface area contributed by atoms with Gasteiger partial charge in [-0.2, -0.15) is 0 Å². The first-order chi connectivity index (χ1) is 12.5. The average molecular weight is 358 g/mol. The third kappa shape index (κ3) is 2.70. The van der Waals surface area contributed by atoms with E-state index >= 15 is 0 Å². The predicted octanol–water partition coefficient (Wildman–Crippen LogP) is 1.49. The summed E-state index contributed by atoms with van der Waals surface area (Å²) in [6.07, 6.45) is 7.99. The number of likely N-dealkylation sites (tertiary alicyclic amines) is 1. The highest BCUT2D eigenvalue weighted by Crippen LogP contribution is 2.48. The average Bonchev–Trinajstić information content (AvgIpc) is 2.66. The molecule has 7 heteroatoms. The van der Waals surface area contributed by atoms with Crippen LogP contribution in [-0.4, -0.2) is 56.5 Å². The predicted molar refractivity (Wildman–Crippen MR) is 94.6 cm³/mol. The second-order valence-electron chi connectivity index (χ2n) is 7.78. The van der Waals surface area contributed by atoms with Gasteiger partial charge in [-0.05, 0) is 50.2 Å². The molecule has 1 saturated heterocycles. The largest absolute Gasteiger partial charge is 0.336 e. The lowest BCUT2D eigenvalue weighted by Crippen LogP contribution is -2.71. The summed E-state index contributed by atoms with van der Waals surface area (Å²) in [6.45, 7) is 4.25. The molecule has 0 unspecified atom stereocenters. The Labute approximate surface area is 153 Å². The van der Waals surface area contributed by atoms with Crippen molar-refractivity contribution in [3.05, 3.63) is 29.1 Å². The smallest absolute Gasteiger partial charge is 0.276 e. The molecule has 140 valence electrons. The minimum atomic E-state index is -0.528. The van der Waals surface area contributed by atoms with Crippen molar-refractivity contribution < 1.29 is 14.8 Å². The topological polar surface area (TPSA) is 85.8 Å². The molecule has 2 amide bonds. The maximum absolute atomic E-state index is 12.2. The second kappa shape index (κ2) is 6.63. The Morgan fingerprint density at radius 2 is 2.15 bits per heavy atom. The molecule has 2 atom stereocenters. The second-order valence-corrected chi connectivity index (χ2v) is 7.78. The van der Waals surface area contributed by atoms with E-state index in [2.05, 4.69) is 14.8 Å². The number of nitrogens with zero attached hydrogens (tertiary/aromatic N) is 3. The van der Waals surface area contributed by atoms with E-state index in [9.17, 15) is 9.59 Å². The molecule has 3 aliphatic rings. The highest BCUT2D eigenvalue weighted by atomic mass is 16.5. The number of rotatable bonds is 2. The Bertz CT molecular complexity index is 737. The molecule has 7 nitrogen and oxygen atoms in total. The summed E-state index contributed by atoms with van der Waals surface area (Å²) in [5.74, 6) is -0.329. The summed E-state index contributed by atoms with van der Waals surface area (Å²) in [5.41, 5.74) is 4.13. The number of hydroxylamine groups is 1. The van der Waals surface area contributed by atoms with E-state index < -0.39 is 5.91 Å². The highest BCUT2D eigenvalue weighted by molar-refractivity contribution is 5.93. The number of pyridine rings is 1. The van der Waals surface area contributed by atoms with E-state index in [0.29, 0.717) is 11.6 Å². The fraction of sp³-hybridized carbons (Fsp3) is 0.632. The number of piperidine rings is 1. The monoisotopic (exact) mass is 358 g/mol. The third-order valence-corrected chi connectivity index (χ3v) is 6.52. The fourth-order valence-electron chi connectivity index (χ4n) is 5.15. The van der Waals surface area contributed by atoms with Gasteiger partial charge in [-0.3, -0.25) is 24.7 Å². The van der Waals surface area contributed by atoms with E-state index in [1.807, 2.05) is 6.07 Å². The van der Waals surface area contributed by atoms with Crippen molar-refractivity contribution in [3.63, 3.8) is 0 Å². The van der Waals surface area contributed by atoms with Crippen molar-refractivity contribution in [2.24, 2.45) is 0 Å². The highest BCUT2D eigenvalue weighted by Gasteiger charge is 2.55. The van der Waals surface area contributed by atoms with Crippen LogP contribution in [0.4, 0.5) is 0 Å². The zero-order valence-electron chi connectivity index (χ0n) is 15.2. The Hall–Kier alpha value is -1.99. The van der Waals surface area contributed by atoms with Crippen LogP contribution in [0.1, 0.15) is 60.6 Å². The molecule has 3 heterocycles. The quantitative estimate of drug-likeness (QED) is 0.618. The zero-order chi connectivity index (χ0) is 18.3. The molecule has 2 aliphatic heterocycles. The number of fused-ring (bicyclic) bond motifs is 1. The number of hydrogen-bond acceptors (Lipinski definition) is 5. The van der Waals surface area contributed by atoms with Crippen LogP contribution in [-0.2, 0) is 17.8 Å². The lowest BCUT2D eigenvalue weighted by atomic mass is 9.64. The van der Waals surface area contributed by atoms with Crippen LogP contribution in [0.5, 0.6) is 0 Å². The summed E-state index contributed by atoms with van der Waals surface area (Å²) in [4.78, 5) is 32.9. The first kappa shape index (κ1) is 17.4. The van der Waals surface area contributed by atoms with Crippen LogP contribution >= 0.6 is 0 Å². The van der Waals surface area contributed by atoms with Crippen LogP contribution < -0.4 is 5.48 Å². The maximum Gasteiger partial charge on any atom is 0.276 e. The van der Waals surface area contributed by atoms with Crippen LogP contribution in [0.15, 0.2) is 12.3 Å². The van der Waals surface area contributed by atoms with Gasteiger partial charge < -0.3 is 4.90 Å². The van der Waals surface area contributed by atoms with Crippen molar-refractivity contribution in [1.82, 2.24) is 20.3 Å². The first-order valence-electron chi connectivity index (χ1n) is 9.49. The summed E-state index contributed by atoms with van der Waals surface area (Å²) < 4.78 is 0. The molecule has 0 aromatic carbocycles. The van der Waals surface area contributed by atoms with Crippen LogP contribution in [0.2, 0.25) is 0 Å². The fourth-order valence-corrected chi connectivity index (χ4v) is 5.15. The molecule has 1 spiro atoms. The van der Waals surface area contributed by atoms with Crippen molar-refractivity contribution in [1.29, 1.82) is 0 Å². The van der Waals surface area contributed by atoms with Gasteiger partial charge in [0.1, 0.15) is 0 Å².